The summed E-state index contributed by atoms with van der Waals surface area (Å²) in [5.41, 5.74) is 4.04. The number of nitrogens with zero attached hydrogens (tertiary/aromatic N) is 4. The Morgan fingerprint density at radius 2 is 2.10 bits per heavy atom. The number of esters is 1. The Morgan fingerprint density at radius 3 is 2.86 bits per heavy atom. The van der Waals surface area contributed by atoms with E-state index in [0.717, 1.165) is 36.6 Å². The Labute approximate surface area is 172 Å². The monoisotopic (exact) mass is 417 g/mol. The van der Waals surface area contributed by atoms with Crippen molar-refractivity contribution in [2.45, 2.75) is 44.8 Å². The summed E-state index contributed by atoms with van der Waals surface area (Å²) in [5, 5.41) is 12.2. The van der Waals surface area contributed by atoms with E-state index in [9.17, 15) is 9.90 Å². The van der Waals surface area contributed by atoms with E-state index >= 15 is 0 Å². The van der Waals surface area contributed by atoms with Crippen LogP contribution in [0.25, 0.3) is 10.2 Å². The van der Waals surface area contributed by atoms with Gasteiger partial charge in [0.2, 0.25) is 0 Å². The van der Waals surface area contributed by atoms with Crippen molar-refractivity contribution in [3.8, 4) is 0 Å². The largest absolute Gasteiger partial charge is 0.465 e. The van der Waals surface area contributed by atoms with Gasteiger partial charge < -0.3 is 14.6 Å². The summed E-state index contributed by atoms with van der Waals surface area (Å²) < 4.78 is 11.0. The van der Waals surface area contributed by atoms with E-state index in [-0.39, 0.29) is 18.2 Å². The third-order valence-electron chi connectivity index (χ3n) is 5.06. The van der Waals surface area contributed by atoms with Crippen molar-refractivity contribution in [3.63, 3.8) is 0 Å². The molecule has 2 aromatic rings. The standard InChI is InChI=1S/C19H23N5O4S/c1-11-14-16(21-10-22-17(14)29-15(11)18(26)27-2)23-24-9-3-8-20-19(24)28-13-6-4-12(25)5-7-13/h3,8,10,12-13,25H,4-7,9H2,1-2H3,(H,21,22,23). The Balaban J connectivity index is 1.57. The maximum atomic E-state index is 12.0. The van der Waals surface area contributed by atoms with Gasteiger partial charge in [-0.05, 0) is 44.2 Å². The number of hydrogen-bond donors (Lipinski definition) is 2. The molecule has 0 radical (unpaired) electrons. The first-order valence-electron chi connectivity index (χ1n) is 9.51. The molecule has 1 fully saturated rings. The van der Waals surface area contributed by atoms with Gasteiger partial charge in [0.25, 0.3) is 0 Å². The van der Waals surface area contributed by atoms with E-state index in [1.807, 2.05) is 13.0 Å². The summed E-state index contributed by atoms with van der Waals surface area (Å²) >= 11 is 1.28. The minimum atomic E-state index is -0.387. The minimum Gasteiger partial charge on any atom is -0.465 e. The van der Waals surface area contributed by atoms with E-state index in [0.29, 0.717) is 28.1 Å². The van der Waals surface area contributed by atoms with Gasteiger partial charge in [0, 0.05) is 6.20 Å². The normalized spacial score (nSPS) is 21.8. The number of aliphatic hydroxyl groups is 1. The van der Waals surface area contributed by atoms with Crippen LogP contribution in [0.4, 0.5) is 5.82 Å². The summed E-state index contributed by atoms with van der Waals surface area (Å²) in [6, 6.07) is 0.460. The van der Waals surface area contributed by atoms with Crippen molar-refractivity contribution in [2.24, 2.45) is 4.99 Å². The molecule has 154 valence electrons. The highest BCUT2D eigenvalue weighted by Gasteiger charge is 2.26. The zero-order valence-corrected chi connectivity index (χ0v) is 17.1. The first-order valence-corrected chi connectivity index (χ1v) is 10.3. The molecule has 1 saturated carbocycles. The van der Waals surface area contributed by atoms with Gasteiger partial charge in [-0.2, -0.15) is 0 Å². The molecule has 0 aromatic carbocycles. The van der Waals surface area contributed by atoms with Crippen molar-refractivity contribution in [1.82, 2.24) is 15.0 Å². The number of carbonyl (C=O) groups excluding carboxylic acids is 1. The van der Waals surface area contributed by atoms with E-state index in [2.05, 4.69) is 20.4 Å². The summed E-state index contributed by atoms with van der Waals surface area (Å²) in [4.78, 5) is 26.3. The first-order chi connectivity index (χ1) is 14.1. The van der Waals surface area contributed by atoms with Crippen LogP contribution < -0.4 is 5.43 Å². The summed E-state index contributed by atoms with van der Waals surface area (Å²) in [7, 11) is 1.36. The van der Waals surface area contributed by atoms with Crippen LogP contribution in [0.5, 0.6) is 0 Å². The number of rotatable bonds is 4. The van der Waals surface area contributed by atoms with Crippen LogP contribution in [-0.2, 0) is 9.47 Å². The number of methoxy groups -OCH3 is 1. The lowest BCUT2D eigenvalue weighted by atomic mass is 9.95. The minimum absolute atomic E-state index is 0.0205. The van der Waals surface area contributed by atoms with E-state index < -0.39 is 0 Å². The number of hydrazine groups is 1. The van der Waals surface area contributed by atoms with Gasteiger partial charge in [-0.3, -0.25) is 5.43 Å². The zero-order chi connectivity index (χ0) is 20.4. The van der Waals surface area contributed by atoms with Crippen molar-refractivity contribution < 1.29 is 19.4 Å². The second-order valence-electron chi connectivity index (χ2n) is 7.02. The number of amidine groups is 1. The summed E-state index contributed by atoms with van der Waals surface area (Å²) in [5.74, 6) is 0.187. The summed E-state index contributed by atoms with van der Waals surface area (Å²) in [6.45, 7) is 2.40. The van der Waals surface area contributed by atoms with Crippen LogP contribution in [0, 0.1) is 6.92 Å². The van der Waals surface area contributed by atoms with Gasteiger partial charge in [0.05, 0.1) is 25.1 Å². The number of anilines is 1. The molecule has 0 unspecified atom stereocenters. The smallest absolute Gasteiger partial charge is 0.348 e. The van der Waals surface area contributed by atoms with Crippen LogP contribution in [0.1, 0.15) is 40.9 Å². The molecule has 1 aliphatic carbocycles. The van der Waals surface area contributed by atoms with Crippen LogP contribution >= 0.6 is 11.3 Å². The number of aliphatic imine (C=N–C) groups is 1. The van der Waals surface area contributed by atoms with Crippen LogP contribution in [0.2, 0.25) is 0 Å². The number of aliphatic hydroxyl groups excluding tert-OH is 1. The third kappa shape index (κ3) is 4.03. The highest BCUT2D eigenvalue weighted by Crippen LogP contribution is 2.34. The number of thiophene rings is 1. The lowest BCUT2D eigenvalue weighted by molar-refractivity contribution is 0.0520. The van der Waals surface area contributed by atoms with Gasteiger partial charge in [-0.15, -0.1) is 11.3 Å². The maximum Gasteiger partial charge on any atom is 0.348 e. The predicted molar refractivity (Wildman–Crippen MR) is 110 cm³/mol. The maximum absolute atomic E-state index is 12.0. The van der Waals surface area contributed by atoms with Crippen molar-refractivity contribution in [2.75, 3.05) is 19.1 Å². The Bertz CT molecular complexity index is 965. The fraction of sp³-hybridized carbons (Fsp3) is 0.474. The second kappa shape index (κ2) is 8.34. The van der Waals surface area contributed by atoms with Crippen molar-refractivity contribution >= 4 is 39.4 Å². The SMILES string of the molecule is COC(=O)c1sc2ncnc(NN3CC=CN=C3OC3CCC(O)CC3)c2c1C. The second-order valence-corrected chi connectivity index (χ2v) is 8.02. The predicted octanol–water partition coefficient (Wildman–Crippen LogP) is 2.62. The zero-order valence-electron chi connectivity index (χ0n) is 16.3. The molecule has 2 aliphatic rings. The highest BCUT2D eigenvalue weighted by molar-refractivity contribution is 7.20. The molecular weight excluding hydrogens is 394 g/mol. The van der Waals surface area contributed by atoms with Gasteiger partial charge in [-0.1, -0.05) is 0 Å². The topological polar surface area (TPSA) is 109 Å². The number of nitrogens with one attached hydrogen (secondary N) is 1. The molecule has 29 heavy (non-hydrogen) atoms. The summed E-state index contributed by atoms with van der Waals surface area (Å²) in [6.07, 6.45) is 7.92. The molecule has 9 nitrogen and oxygen atoms in total. The first kappa shape index (κ1) is 19.6. The van der Waals surface area contributed by atoms with E-state index in [1.54, 1.807) is 11.2 Å². The van der Waals surface area contributed by atoms with Crippen molar-refractivity contribution in [3.05, 3.63) is 29.0 Å². The number of ether oxygens (including phenoxy) is 2. The molecule has 0 atom stereocenters. The van der Waals surface area contributed by atoms with Crippen LogP contribution in [0.3, 0.4) is 0 Å². The fourth-order valence-electron chi connectivity index (χ4n) is 3.49. The molecule has 0 spiro atoms. The molecule has 2 aromatic heterocycles. The average Bonchev–Trinajstić information content (AvgIpc) is 3.08. The third-order valence-corrected chi connectivity index (χ3v) is 6.24. The average molecular weight is 417 g/mol. The van der Waals surface area contributed by atoms with Gasteiger partial charge in [0.15, 0.2) is 5.82 Å². The quantitative estimate of drug-likeness (QED) is 0.731. The number of carbonyl (C=O) groups is 1. The molecular formula is C19H23N5O4S. The van der Waals surface area contributed by atoms with E-state index in [1.165, 1.54) is 24.8 Å². The molecule has 3 heterocycles. The van der Waals surface area contributed by atoms with Gasteiger partial charge >= 0.3 is 12.0 Å². The van der Waals surface area contributed by atoms with Gasteiger partial charge in [0.1, 0.15) is 22.1 Å². The molecule has 2 N–H and O–H groups in total. The number of aromatic nitrogens is 2. The van der Waals surface area contributed by atoms with Crippen LogP contribution in [-0.4, -0.2) is 57.9 Å². The Hall–Kier alpha value is -2.72. The fourth-order valence-corrected chi connectivity index (χ4v) is 4.55. The molecule has 0 saturated heterocycles. The highest BCUT2D eigenvalue weighted by atomic mass is 32.1. The lowest BCUT2D eigenvalue weighted by Crippen LogP contribution is -2.42. The van der Waals surface area contributed by atoms with Crippen LogP contribution in [0.15, 0.2) is 23.6 Å². The molecule has 1 aliphatic heterocycles. The lowest BCUT2D eigenvalue weighted by Gasteiger charge is -2.32. The molecule has 4 rings (SSSR count). The van der Waals surface area contributed by atoms with E-state index in [4.69, 9.17) is 9.47 Å². The molecule has 0 bridgehead atoms. The van der Waals surface area contributed by atoms with Crippen molar-refractivity contribution in [1.29, 1.82) is 0 Å². The number of aryl methyl sites for hydroxylation is 1. The van der Waals surface area contributed by atoms with Gasteiger partial charge in [-0.25, -0.2) is 24.8 Å². The number of hydrogen-bond acceptors (Lipinski definition) is 10. The molecule has 10 heteroatoms. The number of fused-ring (bicyclic) bond motifs is 1. The Morgan fingerprint density at radius 1 is 1.31 bits per heavy atom. The Kier molecular flexibility index (Phi) is 5.63. The molecule has 0 amide bonds.